The van der Waals surface area contributed by atoms with Crippen molar-refractivity contribution < 1.29 is 27.4 Å². The summed E-state index contributed by atoms with van der Waals surface area (Å²) in [5, 5.41) is 4.19. The highest BCUT2D eigenvalue weighted by molar-refractivity contribution is 7.89. The zero-order valence-electron chi connectivity index (χ0n) is 21.9. The van der Waals surface area contributed by atoms with Gasteiger partial charge >= 0.3 is 0 Å². The number of aryl methyl sites for hydroxylation is 1. The van der Waals surface area contributed by atoms with Crippen LogP contribution in [0.3, 0.4) is 0 Å². The van der Waals surface area contributed by atoms with E-state index in [4.69, 9.17) is 18.9 Å². The van der Waals surface area contributed by atoms with E-state index >= 15 is 0 Å². The Bertz CT molecular complexity index is 1400. The third-order valence-corrected chi connectivity index (χ3v) is 6.77. The van der Waals surface area contributed by atoms with Crippen LogP contribution in [0.2, 0.25) is 0 Å². The number of sulfonamides is 1. The molecule has 0 saturated heterocycles. The summed E-state index contributed by atoms with van der Waals surface area (Å²) in [6.45, 7) is 5.70. The highest BCUT2D eigenvalue weighted by atomic mass is 32.2. The van der Waals surface area contributed by atoms with Crippen LogP contribution >= 0.6 is 0 Å². The first kappa shape index (κ1) is 27.6. The number of hydrogen-bond donors (Lipinski definition) is 1. The number of ether oxygens (including phenoxy) is 4. The third kappa shape index (κ3) is 6.83. The number of nitrogens with one attached hydrogen (secondary N) is 1. The van der Waals surface area contributed by atoms with Gasteiger partial charge in [0.25, 0.3) is 10.0 Å². The summed E-state index contributed by atoms with van der Waals surface area (Å²) in [5.74, 6) is 2.12. The van der Waals surface area contributed by atoms with Crippen molar-refractivity contribution in [3.05, 3.63) is 82.9 Å². The maximum absolute atomic E-state index is 12.8. The van der Waals surface area contributed by atoms with Gasteiger partial charge in [0.05, 0.1) is 31.9 Å². The number of benzene rings is 3. The lowest BCUT2D eigenvalue weighted by Crippen LogP contribution is -2.20. The Morgan fingerprint density at radius 2 is 1.59 bits per heavy atom. The lowest BCUT2D eigenvalue weighted by Gasteiger charge is -2.17. The van der Waals surface area contributed by atoms with Gasteiger partial charge in [-0.05, 0) is 68.3 Å². The average Bonchev–Trinajstić information content (AvgIpc) is 2.90. The van der Waals surface area contributed by atoms with Gasteiger partial charge in [-0.1, -0.05) is 35.9 Å². The molecule has 0 aromatic heterocycles. The number of methoxy groups -OCH3 is 3. The summed E-state index contributed by atoms with van der Waals surface area (Å²) >= 11 is 0. The molecule has 196 valence electrons. The summed E-state index contributed by atoms with van der Waals surface area (Å²) in [6.07, 6.45) is 3.81. The number of hydrogen-bond acceptors (Lipinski definition) is 7. The van der Waals surface area contributed by atoms with Crippen LogP contribution in [0.15, 0.2) is 70.7 Å². The molecular formula is C28H32N2O6S. The summed E-state index contributed by atoms with van der Waals surface area (Å²) < 4.78 is 48.1. The Hall–Kier alpha value is -3.98. The van der Waals surface area contributed by atoms with E-state index in [1.54, 1.807) is 46.5 Å². The molecule has 3 aromatic carbocycles. The van der Waals surface area contributed by atoms with Gasteiger partial charge in [0.2, 0.25) is 0 Å². The van der Waals surface area contributed by atoms with Crippen molar-refractivity contribution in [2.24, 2.45) is 5.10 Å². The average molecular weight is 525 g/mol. The Balaban J connectivity index is 1.97. The van der Waals surface area contributed by atoms with E-state index in [1.807, 2.05) is 50.3 Å². The lowest BCUT2D eigenvalue weighted by molar-refractivity contribution is 0.282. The minimum absolute atomic E-state index is 0.125. The highest BCUT2D eigenvalue weighted by Gasteiger charge is 2.18. The van der Waals surface area contributed by atoms with E-state index in [0.29, 0.717) is 34.3 Å². The largest absolute Gasteiger partial charge is 0.493 e. The maximum atomic E-state index is 12.8. The molecule has 9 heteroatoms. The monoisotopic (exact) mass is 524 g/mol. The molecule has 37 heavy (non-hydrogen) atoms. The second-order valence-electron chi connectivity index (χ2n) is 8.18. The molecule has 0 saturated carbocycles. The lowest BCUT2D eigenvalue weighted by atomic mass is 10.0. The minimum Gasteiger partial charge on any atom is -0.493 e. The quantitative estimate of drug-likeness (QED) is 0.269. The molecular weight excluding hydrogens is 492 g/mol. The molecule has 0 aliphatic heterocycles. The van der Waals surface area contributed by atoms with E-state index < -0.39 is 10.0 Å². The molecule has 3 rings (SSSR count). The van der Waals surface area contributed by atoms with Gasteiger partial charge < -0.3 is 18.9 Å². The van der Waals surface area contributed by atoms with Crippen molar-refractivity contribution >= 4 is 21.8 Å². The van der Waals surface area contributed by atoms with Crippen LogP contribution in [-0.4, -0.2) is 35.5 Å². The van der Waals surface area contributed by atoms with Crippen LogP contribution in [-0.2, 0) is 16.6 Å². The summed E-state index contributed by atoms with van der Waals surface area (Å²) in [6, 6.07) is 15.8. The van der Waals surface area contributed by atoms with Crippen molar-refractivity contribution in [3.63, 3.8) is 0 Å². The second kappa shape index (κ2) is 12.3. The smallest absolute Gasteiger partial charge is 0.276 e. The Morgan fingerprint density at radius 3 is 2.22 bits per heavy atom. The third-order valence-electron chi connectivity index (χ3n) is 5.54. The zero-order chi connectivity index (χ0) is 27.0. The van der Waals surface area contributed by atoms with Crippen LogP contribution in [0.4, 0.5) is 0 Å². The van der Waals surface area contributed by atoms with E-state index in [2.05, 4.69) is 9.93 Å². The molecule has 1 N–H and O–H groups in total. The Kier molecular flexibility index (Phi) is 9.19. The molecule has 3 aromatic rings. The molecule has 0 fully saturated rings. The summed E-state index contributed by atoms with van der Waals surface area (Å²) in [4.78, 5) is 2.45. The molecule has 0 unspecified atom stereocenters. The first-order valence-electron chi connectivity index (χ1n) is 11.5. The van der Waals surface area contributed by atoms with E-state index in [9.17, 15) is 8.42 Å². The van der Waals surface area contributed by atoms with Gasteiger partial charge in [0, 0.05) is 5.56 Å². The van der Waals surface area contributed by atoms with Gasteiger partial charge in [0.1, 0.15) is 6.61 Å². The van der Waals surface area contributed by atoms with Crippen molar-refractivity contribution in [2.45, 2.75) is 32.3 Å². The topological polar surface area (TPSA) is 95.4 Å². The van der Waals surface area contributed by atoms with Gasteiger partial charge in [-0.25, -0.2) is 0 Å². The normalized spacial score (nSPS) is 11.9. The van der Waals surface area contributed by atoms with Crippen molar-refractivity contribution in [3.8, 4) is 23.0 Å². The molecule has 0 aliphatic rings. The Morgan fingerprint density at radius 1 is 0.919 bits per heavy atom. The number of hydrazone groups is 1. The van der Waals surface area contributed by atoms with Gasteiger partial charge in [-0.3, -0.25) is 0 Å². The van der Waals surface area contributed by atoms with Crippen molar-refractivity contribution in [1.82, 2.24) is 4.83 Å². The molecule has 0 radical (unpaired) electrons. The van der Waals surface area contributed by atoms with E-state index in [0.717, 1.165) is 16.7 Å². The van der Waals surface area contributed by atoms with Crippen LogP contribution in [0.5, 0.6) is 23.0 Å². The van der Waals surface area contributed by atoms with Gasteiger partial charge in [-0.2, -0.15) is 18.4 Å². The van der Waals surface area contributed by atoms with Gasteiger partial charge in [-0.15, -0.1) is 0 Å². The fourth-order valence-corrected chi connectivity index (χ4v) is 4.42. The first-order chi connectivity index (χ1) is 17.7. The fourth-order valence-electron chi connectivity index (χ4n) is 3.57. The highest BCUT2D eigenvalue weighted by Crippen LogP contribution is 2.35. The van der Waals surface area contributed by atoms with Crippen molar-refractivity contribution in [2.75, 3.05) is 21.3 Å². The minimum atomic E-state index is -3.85. The van der Waals surface area contributed by atoms with Gasteiger partial charge in [0.15, 0.2) is 23.0 Å². The number of allylic oxidation sites excluding steroid dienone is 1. The van der Waals surface area contributed by atoms with Crippen LogP contribution in [0.1, 0.15) is 36.1 Å². The number of nitrogens with zero attached hydrogens (tertiary/aromatic N) is 1. The van der Waals surface area contributed by atoms with E-state index in [-0.39, 0.29) is 11.5 Å². The molecule has 8 nitrogen and oxygen atoms in total. The van der Waals surface area contributed by atoms with Crippen molar-refractivity contribution in [1.29, 1.82) is 0 Å². The standard InChI is InChI=1S/C28H32N2O6S/c1-7-8-21-15-24(20(3)29-30-37(31,32)23-12-9-19(2)10-13-23)28(27(16-21)35-6)36-18-22-11-14-25(33-4)26(17-22)34-5/h7-17,30H,18H2,1-6H3/b8-7+,29-20+. The maximum Gasteiger partial charge on any atom is 0.276 e. The molecule has 0 heterocycles. The first-order valence-corrected chi connectivity index (χ1v) is 13.0. The molecule has 0 aliphatic carbocycles. The van der Waals surface area contributed by atoms with E-state index in [1.165, 1.54) is 12.1 Å². The molecule has 0 bridgehead atoms. The van der Waals surface area contributed by atoms with Crippen LogP contribution in [0.25, 0.3) is 6.08 Å². The SMILES string of the molecule is C/C=C/c1cc(OC)c(OCc2ccc(OC)c(OC)c2)c(/C(C)=N/NS(=O)(=O)c2ccc(C)cc2)c1. The summed E-state index contributed by atoms with van der Waals surface area (Å²) in [5.41, 5.74) is 3.64. The molecule has 0 spiro atoms. The Labute approximate surface area is 218 Å². The molecule has 0 amide bonds. The zero-order valence-corrected chi connectivity index (χ0v) is 22.7. The predicted molar refractivity (Wildman–Crippen MR) is 145 cm³/mol. The fraction of sp³-hybridized carbons (Fsp3) is 0.250. The van der Waals surface area contributed by atoms with Crippen LogP contribution in [0, 0.1) is 6.92 Å². The number of rotatable bonds is 11. The summed E-state index contributed by atoms with van der Waals surface area (Å²) in [7, 11) is 0.849. The predicted octanol–water partition coefficient (Wildman–Crippen LogP) is 5.34. The second-order valence-corrected chi connectivity index (χ2v) is 9.84. The molecule has 0 atom stereocenters. The van der Waals surface area contributed by atoms with Crippen LogP contribution < -0.4 is 23.8 Å².